The molecule has 4 nitrogen and oxygen atoms in total. The van der Waals surface area contributed by atoms with Crippen molar-refractivity contribution in [2.24, 2.45) is 0 Å². The predicted molar refractivity (Wildman–Crippen MR) is 42.7 cm³/mol. The number of rotatable bonds is 5. The normalized spacial score (nSPS) is 11.4. The van der Waals surface area contributed by atoms with Crippen LogP contribution in [0.5, 0.6) is 0 Å². The highest BCUT2D eigenvalue weighted by Crippen LogP contribution is 2.07. The molecule has 0 aliphatic carbocycles. The second kappa shape index (κ2) is 6.06. The molecule has 0 heterocycles. The number of hydrogen-bond acceptors (Lipinski definition) is 4. The van der Waals surface area contributed by atoms with Crippen LogP contribution in [0.2, 0.25) is 0 Å². The van der Waals surface area contributed by atoms with E-state index in [9.17, 15) is 18.4 Å². The molecule has 6 heteroatoms. The van der Waals surface area contributed by atoms with Crippen LogP contribution in [0.4, 0.5) is 8.78 Å². The van der Waals surface area contributed by atoms with Gasteiger partial charge in [-0.3, -0.25) is 4.79 Å². The largest absolute Gasteiger partial charge is 0.503 e. The number of esters is 1. The Hall–Kier alpha value is -1.46. The van der Waals surface area contributed by atoms with Crippen LogP contribution >= 0.6 is 0 Å². The van der Waals surface area contributed by atoms with E-state index in [2.05, 4.69) is 9.47 Å². The van der Waals surface area contributed by atoms with E-state index in [4.69, 9.17) is 0 Å². The Labute approximate surface area is 79.5 Å². The van der Waals surface area contributed by atoms with Crippen molar-refractivity contribution >= 4 is 11.8 Å². The first kappa shape index (κ1) is 12.5. The van der Waals surface area contributed by atoms with Gasteiger partial charge in [-0.2, -0.15) is 0 Å². The summed E-state index contributed by atoms with van der Waals surface area (Å²) >= 11 is 0. The summed E-state index contributed by atoms with van der Waals surface area (Å²) in [5.41, 5.74) is -0.788. The van der Waals surface area contributed by atoms with E-state index in [1.165, 1.54) is 6.92 Å². The van der Waals surface area contributed by atoms with Gasteiger partial charge >= 0.3 is 12.4 Å². The summed E-state index contributed by atoms with van der Waals surface area (Å²) in [6.45, 7) is 1.49. The molecule has 0 atom stereocenters. The number of carbonyl (C=O) groups is 2. The number of halogens is 2. The average molecular weight is 208 g/mol. The molecule has 0 aliphatic heterocycles. The van der Waals surface area contributed by atoms with Crippen molar-refractivity contribution in [1.82, 2.24) is 0 Å². The monoisotopic (exact) mass is 208 g/mol. The van der Waals surface area contributed by atoms with E-state index in [1.807, 2.05) is 0 Å². The minimum atomic E-state index is -3.25. The quantitative estimate of drug-likeness (QED) is 0.221. The van der Waals surface area contributed by atoms with E-state index in [0.29, 0.717) is 6.26 Å². The molecule has 0 fully saturated rings. The predicted octanol–water partition coefficient (Wildman–Crippen LogP) is 0.914. The van der Waals surface area contributed by atoms with Crippen molar-refractivity contribution in [1.29, 1.82) is 0 Å². The number of hydrogen-bond donors (Lipinski definition) is 0. The van der Waals surface area contributed by atoms with E-state index < -0.39 is 23.8 Å². The maximum Gasteiger partial charge on any atom is 0.345 e. The molecule has 0 spiro atoms. The minimum Gasteiger partial charge on any atom is -0.503 e. The number of ketones is 1. The van der Waals surface area contributed by atoms with Crippen molar-refractivity contribution in [2.75, 3.05) is 13.7 Å². The average Bonchev–Trinajstić information content (AvgIpc) is 2.13. The van der Waals surface area contributed by atoms with Gasteiger partial charge in [-0.05, 0) is 6.92 Å². The van der Waals surface area contributed by atoms with Crippen LogP contribution in [0, 0.1) is 0 Å². The van der Waals surface area contributed by atoms with Crippen LogP contribution in [0.1, 0.15) is 6.92 Å². The standard InChI is InChI=1S/C8H10F2O4/c1-3-14-8(12)5(4-13-2)6(11)7(9)10/h4,7H,3H2,1-2H3/b5-4-. The molecule has 0 aliphatic rings. The third-order valence-electron chi connectivity index (χ3n) is 1.19. The molecule has 0 aromatic rings. The van der Waals surface area contributed by atoms with Gasteiger partial charge in [0.15, 0.2) is 0 Å². The molecule has 0 N–H and O–H groups in total. The molecular formula is C8H10F2O4. The SMILES string of the molecule is CCOC(=O)/C(=C\OC)C(=O)C(F)F. The molecule has 80 valence electrons. The first-order valence-electron chi connectivity index (χ1n) is 3.77. The fourth-order valence-corrected chi connectivity index (χ4v) is 0.651. The van der Waals surface area contributed by atoms with Crippen LogP contribution in [-0.2, 0) is 19.1 Å². The van der Waals surface area contributed by atoms with E-state index in [-0.39, 0.29) is 6.61 Å². The van der Waals surface area contributed by atoms with Gasteiger partial charge in [-0.1, -0.05) is 0 Å². The fraction of sp³-hybridized carbons (Fsp3) is 0.500. The Morgan fingerprint density at radius 1 is 1.43 bits per heavy atom. The highest BCUT2D eigenvalue weighted by molar-refractivity contribution is 6.18. The van der Waals surface area contributed by atoms with Gasteiger partial charge in [0, 0.05) is 0 Å². The van der Waals surface area contributed by atoms with Gasteiger partial charge in [0.2, 0.25) is 5.78 Å². The van der Waals surface area contributed by atoms with Crippen LogP contribution in [0.15, 0.2) is 11.8 Å². The van der Waals surface area contributed by atoms with E-state index >= 15 is 0 Å². The first-order chi connectivity index (χ1) is 6.54. The molecule has 0 aromatic heterocycles. The topological polar surface area (TPSA) is 52.6 Å². The highest BCUT2D eigenvalue weighted by Gasteiger charge is 2.27. The summed E-state index contributed by atoms with van der Waals surface area (Å²) in [5, 5.41) is 0. The zero-order valence-electron chi connectivity index (χ0n) is 7.75. The number of methoxy groups -OCH3 is 1. The summed E-state index contributed by atoms with van der Waals surface area (Å²) in [4.78, 5) is 21.7. The molecule has 0 rings (SSSR count). The smallest absolute Gasteiger partial charge is 0.345 e. The lowest BCUT2D eigenvalue weighted by molar-refractivity contribution is -0.142. The number of Topliss-reactive ketones (excluding diaryl/α,β-unsaturated/α-hetero) is 1. The summed E-state index contributed by atoms with van der Waals surface area (Å²) in [6.07, 6.45) is -2.60. The van der Waals surface area contributed by atoms with Gasteiger partial charge in [-0.15, -0.1) is 0 Å². The van der Waals surface area contributed by atoms with Crippen molar-refractivity contribution in [3.05, 3.63) is 11.8 Å². The second-order valence-corrected chi connectivity index (χ2v) is 2.15. The summed E-state index contributed by atoms with van der Waals surface area (Å²) < 4.78 is 32.6. The van der Waals surface area contributed by atoms with Crippen LogP contribution in [0.3, 0.4) is 0 Å². The molecule has 0 amide bonds. The van der Waals surface area contributed by atoms with Gasteiger partial charge in [-0.25, -0.2) is 13.6 Å². The Bertz CT molecular complexity index is 248. The zero-order valence-corrected chi connectivity index (χ0v) is 7.75. The van der Waals surface area contributed by atoms with E-state index in [0.717, 1.165) is 7.11 Å². The lowest BCUT2D eigenvalue weighted by Crippen LogP contribution is -2.21. The first-order valence-corrected chi connectivity index (χ1v) is 3.77. The number of alkyl halides is 2. The van der Waals surface area contributed by atoms with Gasteiger partial charge in [0.25, 0.3) is 0 Å². The molecule has 14 heavy (non-hydrogen) atoms. The maximum atomic E-state index is 11.9. The van der Waals surface area contributed by atoms with Gasteiger partial charge < -0.3 is 9.47 Å². The molecule has 0 unspecified atom stereocenters. The Kier molecular flexibility index (Phi) is 5.43. The highest BCUT2D eigenvalue weighted by atomic mass is 19.3. The second-order valence-electron chi connectivity index (χ2n) is 2.15. The summed E-state index contributed by atoms with van der Waals surface area (Å²) in [5.74, 6) is -2.72. The van der Waals surface area contributed by atoms with Crippen LogP contribution in [-0.4, -0.2) is 31.9 Å². The van der Waals surface area contributed by atoms with Gasteiger partial charge in [0.05, 0.1) is 13.7 Å². The molecular weight excluding hydrogens is 198 g/mol. The zero-order chi connectivity index (χ0) is 11.1. The van der Waals surface area contributed by atoms with Crippen LogP contribution < -0.4 is 0 Å². The van der Waals surface area contributed by atoms with Crippen molar-refractivity contribution in [3.8, 4) is 0 Å². The van der Waals surface area contributed by atoms with Crippen molar-refractivity contribution in [3.63, 3.8) is 0 Å². The van der Waals surface area contributed by atoms with Gasteiger partial charge in [0.1, 0.15) is 11.8 Å². The Morgan fingerprint density at radius 3 is 2.36 bits per heavy atom. The van der Waals surface area contributed by atoms with Crippen molar-refractivity contribution < 1.29 is 27.8 Å². The molecule has 0 saturated carbocycles. The number of ether oxygens (including phenoxy) is 2. The van der Waals surface area contributed by atoms with E-state index in [1.54, 1.807) is 0 Å². The minimum absolute atomic E-state index is 0.00357. The summed E-state index contributed by atoms with van der Waals surface area (Å²) in [6, 6.07) is 0. The third-order valence-corrected chi connectivity index (χ3v) is 1.19. The summed E-state index contributed by atoms with van der Waals surface area (Å²) in [7, 11) is 1.14. The number of carbonyl (C=O) groups excluding carboxylic acids is 2. The van der Waals surface area contributed by atoms with Crippen LogP contribution in [0.25, 0.3) is 0 Å². The Morgan fingerprint density at radius 2 is 2.00 bits per heavy atom. The molecule has 0 bridgehead atoms. The van der Waals surface area contributed by atoms with Crippen molar-refractivity contribution in [2.45, 2.75) is 13.3 Å². The maximum absolute atomic E-state index is 11.9. The third kappa shape index (κ3) is 3.51. The lowest BCUT2D eigenvalue weighted by atomic mass is 10.2. The molecule has 0 aromatic carbocycles. The molecule has 0 radical (unpaired) electrons. The fourth-order valence-electron chi connectivity index (χ4n) is 0.651. The molecule has 0 saturated heterocycles. The Balaban J connectivity index is 4.69. The lowest BCUT2D eigenvalue weighted by Gasteiger charge is -2.04.